The number of carboxylic acid groups (broad SMARTS) is 1. The van der Waals surface area contributed by atoms with Gasteiger partial charge in [0.1, 0.15) is 0 Å². The summed E-state index contributed by atoms with van der Waals surface area (Å²) in [4.78, 5) is 24.2. The zero-order chi connectivity index (χ0) is 14.6. The van der Waals surface area contributed by atoms with Crippen LogP contribution in [0.3, 0.4) is 0 Å². The van der Waals surface area contributed by atoms with Gasteiger partial charge in [-0.1, -0.05) is 0 Å². The third-order valence-corrected chi connectivity index (χ3v) is 2.46. The van der Waals surface area contributed by atoms with Gasteiger partial charge in [0.05, 0.1) is 12.3 Å². The molecule has 0 fully saturated rings. The van der Waals surface area contributed by atoms with Gasteiger partial charge in [0, 0.05) is 32.4 Å². The van der Waals surface area contributed by atoms with E-state index < -0.39 is 24.1 Å². The standard InChI is InChI=1S/C11H18N4O4/c1-7(16)5-14(2)11(19)13-9(10(17)18)8-4-12-15(3)6-8/h4,6-7,9,16H,5H2,1-3H3,(H,13,19)(H,17,18). The predicted octanol–water partition coefficient (Wildman–Crippen LogP) is -0.432. The van der Waals surface area contributed by atoms with Crippen LogP contribution in [-0.4, -0.2) is 56.6 Å². The third-order valence-electron chi connectivity index (χ3n) is 2.46. The number of amides is 2. The molecule has 106 valence electrons. The Morgan fingerprint density at radius 1 is 1.58 bits per heavy atom. The fourth-order valence-electron chi connectivity index (χ4n) is 1.59. The van der Waals surface area contributed by atoms with Crippen molar-refractivity contribution in [1.29, 1.82) is 0 Å². The van der Waals surface area contributed by atoms with E-state index >= 15 is 0 Å². The first kappa shape index (κ1) is 15.0. The molecule has 19 heavy (non-hydrogen) atoms. The smallest absolute Gasteiger partial charge is 0.331 e. The molecular weight excluding hydrogens is 252 g/mol. The molecule has 0 aliphatic rings. The predicted molar refractivity (Wildman–Crippen MR) is 66.4 cm³/mol. The van der Waals surface area contributed by atoms with E-state index in [9.17, 15) is 14.7 Å². The molecule has 2 atom stereocenters. The Bertz CT molecular complexity index is 457. The molecule has 0 bridgehead atoms. The third kappa shape index (κ3) is 4.25. The Kier molecular flexibility index (Phi) is 4.87. The van der Waals surface area contributed by atoms with Crippen LogP contribution in [0.1, 0.15) is 18.5 Å². The lowest BCUT2D eigenvalue weighted by atomic mass is 10.1. The number of nitrogens with zero attached hydrogens (tertiary/aromatic N) is 3. The highest BCUT2D eigenvalue weighted by molar-refractivity contribution is 5.83. The quantitative estimate of drug-likeness (QED) is 0.672. The van der Waals surface area contributed by atoms with Gasteiger partial charge in [-0.3, -0.25) is 4.68 Å². The summed E-state index contributed by atoms with van der Waals surface area (Å²) in [5, 5.41) is 24.6. The van der Waals surface area contributed by atoms with Crippen LogP contribution in [0.25, 0.3) is 0 Å². The molecule has 1 aromatic heterocycles. The maximum absolute atomic E-state index is 11.8. The molecule has 0 aliphatic heterocycles. The van der Waals surface area contributed by atoms with Crippen molar-refractivity contribution in [1.82, 2.24) is 20.0 Å². The molecule has 0 radical (unpaired) electrons. The summed E-state index contributed by atoms with van der Waals surface area (Å²) in [6.07, 6.45) is 2.22. The normalized spacial score (nSPS) is 13.7. The Labute approximate surface area is 110 Å². The highest BCUT2D eigenvalue weighted by Gasteiger charge is 2.25. The van der Waals surface area contributed by atoms with Crippen molar-refractivity contribution < 1.29 is 19.8 Å². The van der Waals surface area contributed by atoms with Gasteiger partial charge in [-0.25, -0.2) is 9.59 Å². The van der Waals surface area contributed by atoms with Crippen molar-refractivity contribution >= 4 is 12.0 Å². The average Bonchev–Trinajstić information content (AvgIpc) is 2.70. The van der Waals surface area contributed by atoms with Crippen LogP contribution in [0.2, 0.25) is 0 Å². The van der Waals surface area contributed by atoms with E-state index in [0.29, 0.717) is 5.56 Å². The van der Waals surface area contributed by atoms with E-state index in [1.165, 1.54) is 29.0 Å². The van der Waals surface area contributed by atoms with Crippen molar-refractivity contribution in [3.63, 3.8) is 0 Å². The van der Waals surface area contributed by atoms with Gasteiger partial charge in [-0.15, -0.1) is 0 Å². The Morgan fingerprint density at radius 2 is 2.21 bits per heavy atom. The highest BCUT2D eigenvalue weighted by atomic mass is 16.4. The van der Waals surface area contributed by atoms with Gasteiger partial charge in [0.2, 0.25) is 0 Å². The molecule has 0 aromatic carbocycles. The van der Waals surface area contributed by atoms with E-state index in [2.05, 4.69) is 10.4 Å². The van der Waals surface area contributed by atoms with Crippen LogP contribution < -0.4 is 5.32 Å². The van der Waals surface area contributed by atoms with Crippen LogP contribution in [0.15, 0.2) is 12.4 Å². The monoisotopic (exact) mass is 270 g/mol. The van der Waals surface area contributed by atoms with Crippen molar-refractivity contribution in [2.24, 2.45) is 7.05 Å². The summed E-state index contributed by atoms with van der Waals surface area (Å²) in [5.74, 6) is -1.17. The number of aromatic nitrogens is 2. The van der Waals surface area contributed by atoms with E-state index in [1.807, 2.05) is 0 Å². The largest absolute Gasteiger partial charge is 0.479 e. The van der Waals surface area contributed by atoms with Crippen LogP contribution in [0.4, 0.5) is 4.79 Å². The lowest BCUT2D eigenvalue weighted by molar-refractivity contribution is -0.139. The van der Waals surface area contributed by atoms with E-state index in [0.717, 1.165) is 0 Å². The van der Waals surface area contributed by atoms with Crippen LogP contribution in [0, 0.1) is 0 Å². The maximum atomic E-state index is 11.8. The second-order valence-electron chi connectivity index (χ2n) is 4.40. The van der Waals surface area contributed by atoms with Gasteiger partial charge >= 0.3 is 12.0 Å². The Balaban J connectivity index is 2.75. The molecule has 0 aliphatic carbocycles. The number of carbonyl (C=O) groups is 2. The number of hydrogen-bond donors (Lipinski definition) is 3. The van der Waals surface area contributed by atoms with Gasteiger partial charge in [0.25, 0.3) is 0 Å². The fourth-order valence-corrected chi connectivity index (χ4v) is 1.59. The molecule has 3 N–H and O–H groups in total. The first-order valence-electron chi connectivity index (χ1n) is 5.72. The summed E-state index contributed by atoms with van der Waals surface area (Å²) in [6, 6.07) is -1.74. The summed E-state index contributed by atoms with van der Waals surface area (Å²) < 4.78 is 1.46. The van der Waals surface area contributed by atoms with Gasteiger partial charge in [0.15, 0.2) is 6.04 Å². The number of aliphatic hydroxyl groups is 1. The molecule has 0 saturated heterocycles. The zero-order valence-electron chi connectivity index (χ0n) is 11.1. The number of aliphatic carboxylic acids is 1. The first-order valence-corrected chi connectivity index (χ1v) is 5.72. The van der Waals surface area contributed by atoms with Gasteiger partial charge in [-0.05, 0) is 6.92 Å². The molecule has 1 aromatic rings. The van der Waals surface area contributed by atoms with Gasteiger partial charge in [-0.2, -0.15) is 5.10 Å². The highest BCUT2D eigenvalue weighted by Crippen LogP contribution is 2.12. The minimum Gasteiger partial charge on any atom is -0.479 e. The number of likely N-dealkylation sites (N-methyl/N-ethyl adjacent to an activating group) is 1. The number of rotatable bonds is 5. The van der Waals surface area contributed by atoms with Crippen molar-refractivity contribution in [2.75, 3.05) is 13.6 Å². The van der Waals surface area contributed by atoms with E-state index in [4.69, 9.17) is 5.11 Å². The van der Waals surface area contributed by atoms with Crippen molar-refractivity contribution in [2.45, 2.75) is 19.1 Å². The molecule has 8 heteroatoms. The molecule has 0 saturated carbocycles. The molecule has 8 nitrogen and oxygen atoms in total. The molecular formula is C11H18N4O4. The minimum absolute atomic E-state index is 0.116. The summed E-state index contributed by atoms with van der Waals surface area (Å²) in [6.45, 7) is 1.66. The number of urea groups is 1. The molecule has 1 rings (SSSR count). The summed E-state index contributed by atoms with van der Waals surface area (Å²) >= 11 is 0. The zero-order valence-corrected chi connectivity index (χ0v) is 11.1. The van der Waals surface area contributed by atoms with E-state index in [-0.39, 0.29) is 6.54 Å². The lowest BCUT2D eigenvalue weighted by Gasteiger charge is -2.21. The van der Waals surface area contributed by atoms with E-state index in [1.54, 1.807) is 14.0 Å². The molecule has 1 heterocycles. The minimum atomic E-state index is -1.17. The number of carbonyl (C=O) groups excluding carboxylic acids is 1. The molecule has 0 spiro atoms. The molecule has 2 unspecified atom stereocenters. The SMILES string of the molecule is CC(O)CN(C)C(=O)NC(C(=O)O)c1cnn(C)c1. The number of hydrogen-bond acceptors (Lipinski definition) is 4. The second kappa shape index (κ2) is 6.19. The van der Waals surface area contributed by atoms with Crippen LogP contribution in [-0.2, 0) is 11.8 Å². The van der Waals surface area contributed by atoms with Crippen molar-refractivity contribution in [3.05, 3.63) is 18.0 Å². The topological polar surface area (TPSA) is 108 Å². The lowest BCUT2D eigenvalue weighted by Crippen LogP contribution is -2.44. The summed E-state index contributed by atoms with van der Waals surface area (Å²) in [5.41, 5.74) is 0.383. The first-order chi connectivity index (χ1) is 8.81. The van der Waals surface area contributed by atoms with Crippen molar-refractivity contribution in [3.8, 4) is 0 Å². The summed E-state index contributed by atoms with van der Waals surface area (Å²) in [7, 11) is 3.13. The van der Waals surface area contributed by atoms with Crippen LogP contribution >= 0.6 is 0 Å². The number of aliphatic hydroxyl groups excluding tert-OH is 1. The average molecular weight is 270 g/mol. The Hall–Kier alpha value is -2.09. The number of aryl methyl sites for hydroxylation is 1. The second-order valence-corrected chi connectivity index (χ2v) is 4.40. The number of carboxylic acids is 1. The Morgan fingerprint density at radius 3 is 2.63 bits per heavy atom. The number of nitrogens with one attached hydrogen (secondary N) is 1. The maximum Gasteiger partial charge on any atom is 0.331 e. The molecule has 2 amide bonds. The van der Waals surface area contributed by atoms with Crippen LogP contribution in [0.5, 0.6) is 0 Å². The van der Waals surface area contributed by atoms with Gasteiger partial charge < -0.3 is 20.4 Å². The fraction of sp³-hybridized carbons (Fsp3) is 0.545.